The van der Waals surface area contributed by atoms with Crippen LogP contribution in [-0.4, -0.2) is 48.6 Å². The highest BCUT2D eigenvalue weighted by molar-refractivity contribution is 5.82. The number of likely N-dealkylation sites (tertiary alicyclic amines) is 1. The molecule has 0 unspecified atom stereocenters. The standard InChI is InChI=1S/C20H26N2O3/c23-18-14-17(15-4-2-1-3-5-15)20(21-18)8-10-22(11-9-20)19(24)16-6-12-25-13-7-16/h1-5,16-17H,6-14H2,(H,21,23)/t17-/m1/s1. The molecule has 2 amide bonds. The SMILES string of the molecule is O=C1C[C@H](c2ccccc2)C2(CCN(C(=O)C3CCOCC3)CC2)N1. The molecule has 25 heavy (non-hydrogen) atoms. The average Bonchev–Trinajstić information content (AvgIpc) is 2.99. The molecule has 1 spiro atoms. The monoisotopic (exact) mass is 342 g/mol. The summed E-state index contributed by atoms with van der Waals surface area (Å²) in [5, 5.41) is 3.26. The number of hydrogen-bond donors (Lipinski definition) is 1. The highest BCUT2D eigenvalue weighted by atomic mass is 16.5. The van der Waals surface area contributed by atoms with Gasteiger partial charge in [-0.15, -0.1) is 0 Å². The van der Waals surface area contributed by atoms with Crippen molar-refractivity contribution in [1.29, 1.82) is 0 Å². The molecule has 3 heterocycles. The van der Waals surface area contributed by atoms with Gasteiger partial charge in [0.2, 0.25) is 11.8 Å². The largest absolute Gasteiger partial charge is 0.381 e. The van der Waals surface area contributed by atoms with E-state index in [0.717, 1.165) is 38.8 Å². The first kappa shape index (κ1) is 16.6. The molecule has 3 fully saturated rings. The lowest BCUT2D eigenvalue weighted by Gasteiger charge is -2.44. The molecule has 0 aliphatic carbocycles. The summed E-state index contributed by atoms with van der Waals surface area (Å²) in [4.78, 5) is 26.9. The van der Waals surface area contributed by atoms with E-state index in [4.69, 9.17) is 4.74 Å². The lowest BCUT2D eigenvalue weighted by molar-refractivity contribution is -0.140. The van der Waals surface area contributed by atoms with Gasteiger partial charge in [-0.1, -0.05) is 30.3 Å². The van der Waals surface area contributed by atoms with Gasteiger partial charge in [0, 0.05) is 44.6 Å². The molecule has 1 aromatic rings. The Morgan fingerprint density at radius 1 is 1.12 bits per heavy atom. The van der Waals surface area contributed by atoms with E-state index in [0.29, 0.717) is 19.6 Å². The van der Waals surface area contributed by atoms with Crippen molar-refractivity contribution < 1.29 is 14.3 Å². The normalized spacial score (nSPS) is 26.6. The molecular formula is C20H26N2O3. The van der Waals surface area contributed by atoms with Crippen molar-refractivity contribution in [3.05, 3.63) is 35.9 Å². The predicted molar refractivity (Wildman–Crippen MR) is 94.0 cm³/mol. The maximum Gasteiger partial charge on any atom is 0.225 e. The number of piperidine rings is 1. The molecule has 1 aromatic carbocycles. The Labute approximate surface area is 148 Å². The fraction of sp³-hybridized carbons (Fsp3) is 0.600. The molecule has 0 bridgehead atoms. The van der Waals surface area contributed by atoms with Crippen LogP contribution in [0.5, 0.6) is 0 Å². The smallest absolute Gasteiger partial charge is 0.225 e. The Hall–Kier alpha value is -1.88. The van der Waals surface area contributed by atoms with Gasteiger partial charge in [0.25, 0.3) is 0 Å². The van der Waals surface area contributed by atoms with Crippen LogP contribution in [0, 0.1) is 5.92 Å². The first-order valence-electron chi connectivity index (χ1n) is 9.40. The lowest BCUT2D eigenvalue weighted by atomic mass is 9.74. The molecule has 5 nitrogen and oxygen atoms in total. The highest BCUT2D eigenvalue weighted by Crippen LogP contribution is 2.43. The Bertz CT molecular complexity index is 632. The first-order valence-corrected chi connectivity index (χ1v) is 9.40. The predicted octanol–water partition coefficient (Wildman–Crippen LogP) is 2.08. The zero-order chi connectivity index (χ0) is 17.3. The number of carbonyl (C=O) groups is 2. The summed E-state index contributed by atoms with van der Waals surface area (Å²) in [6, 6.07) is 10.3. The van der Waals surface area contributed by atoms with Crippen LogP contribution in [0.1, 0.15) is 43.6 Å². The van der Waals surface area contributed by atoms with Gasteiger partial charge in [0.1, 0.15) is 0 Å². The highest BCUT2D eigenvalue weighted by Gasteiger charge is 2.49. The second-order valence-corrected chi connectivity index (χ2v) is 7.58. The van der Waals surface area contributed by atoms with Crippen LogP contribution in [0.4, 0.5) is 0 Å². The van der Waals surface area contributed by atoms with Gasteiger partial charge in [-0.2, -0.15) is 0 Å². The van der Waals surface area contributed by atoms with E-state index in [1.54, 1.807) is 0 Å². The third-order valence-electron chi connectivity index (χ3n) is 6.18. The Morgan fingerprint density at radius 3 is 2.48 bits per heavy atom. The van der Waals surface area contributed by atoms with E-state index in [2.05, 4.69) is 17.4 Å². The Balaban J connectivity index is 1.46. The number of amides is 2. The molecule has 0 saturated carbocycles. The van der Waals surface area contributed by atoms with Gasteiger partial charge in [0.05, 0.1) is 5.54 Å². The molecule has 0 aromatic heterocycles. The second kappa shape index (κ2) is 6.79. The van der Waals surface area contributed by atoms with Crippen molar-refractivity contribution in [2.75, 3.05) is 26.3 Å². The van der Waals surface area contributed by atoms with Gasteiger partial charge in [-0.3, -0.25) is 9.59 Å². The van der Waals surface area contributed by atoms with Crippen molar-refractivity contribution in [3.63, 3.8) is 0 Å². The van der Waals surface area contributed by atoms with Crippen LogP contribution in [0.15, 0.2) is 30.3 Å². The van der Waals surface area contributed by atoms with E-state index in [-0.39, 0.29) is 29.2 Å². The number of nitrogens with one attached hydrogen (secondary N) is 1. The molecule has 1 atom stereocenters. The number of carbonyl (C=O) groups excluding carboxylic acids is 2. The summed E-state index contributed by atoms with van der Waals surface area (Å²) in [6.45, 7) is 2.86. The van der Waals surface area contributed by atoms with E-state index in [1.807, 2.05) is 23.1 Å². The van der Waals surface area contributed by atoms with Crippen LogP contribution in [-0.2, 0) is 14.3 Å². The van der Waals surface area contributed by atoms with E-state index >= 15 is 0 Å². The third kappa shape index (κ3) is 3.17. The fourth-order valence-corrected chi connectivity index (χ4v) is 4.72. The minimum atomic E-state index is -0.190. The van der Waals surface area contributed by atoms with Gasteiger partial charge < -0.3 is 15.0 Å². The van der Waals surface area contributed by atoms with Crippen molar-refractivity contribution in [2.45, 2.75) is 43.6 Å². The van der Waals surface area contributed by atoms with E-state index < -0.39 is 0 Å². The molecule has 3 aliphatic heterocycles. The molecule has 3 aliphatic rings. The number of benzene rings is 1. The topological polar surface area (TPSA) is 58.6 Å². The van der Waals surface area contributed by atoms with Gasteiger partial charge in [-0.05, 0) is 31.2 Å². The zero-order valence-electron chi connectivity index (χ0n) is 14.6. The van der Waals surface area contributed by atoms with Crippen molar-refractivity contribution >= 4 is 11.8 Å². The van der Waals surface area contributed by atoms with Crippen LogP contribution in [0.25, 0.3) is 0 Å². The fourth-order valence-electron chi connectivity index (χ4n) is 4.72. The quantitative estimate of drug-likeness (QED) is 0.895. The third-order valence-corrected chi connectivity index (χ3v) is 6.18. The molecule has 0 radical (unpaired) electrons. The summed E-state index contributed by atoms with van der Waals surface area (Å²) in [5.74, 6) is 0.740. The van der Waals surface area contributed by atoms with Gasteiger partial charge in [0.15, 0.2) is 0 Å². The molecular weight excluding hydrogens is 316 g/mol. The van der Waals surface area contributed by atoms with Crippen molar-refractivity contribution in [1.82, 2.24) is 10.2 Å². The number of nitrogens with zero attached hydrogens (tertiary/aromatic N) is 1. The van der Waals surface area contributed by atoms with Crippen molar-refractivity contribution in [3.8, 4) is 0 Å². The number of ether oxygens (including phenoxy) is 1. The van der Waals surface area contributed by atoms with Gasteiger partial charge >= 0.3 is 0 Å². The lowest BCUT2D eigenvalue weighted by Crippen LogP contribution is -2.55. The summed E-state index contributed by atoms with van der Waals surface area (Å²) in [6.07, 6.45) is 3.91. The van der Waals surface area contributed by atoms with Crippen LogP contribution in [0.3, 0.4) is 0 Å². The number of rotatable bonds is 2. The van der Waals surface area contributed by atoms with Gasteiger partial charge in [-0.25, -0.2) is 0 Å². The van der Waals surface area contributed by atoms with Crippen LogP contribution < -0.4 is 5.32 Å². The summed E-state index contributed by atoms with van der Waals surface area (Å²) < 4.78 is 5.37. The molecule has 3 saturated heterocycles. The molecule has 5 heteroatoms. The minimum Gasteiger partial charge on any atom is -0.381 e. The summed E-state index contributed by atoms with van der Waals surface area (Å²) >= 11 is 0. The van der Waals surface area contributed by atoms with E-state index in [1.165, 1.54) is 5.56 Å². The summed E-state index contributed by atoms with van der Waals surface area (Å²) in [7, 11) is 0. The Morgan fingerprint density at radius 2 is 1.80 bits per heavy atom. The zero-order valence-corrected chi connectivity index (χ0v) is 14.6. The number of hydrogen-bond acceptors (Lipinski definition) is 3. The average molecular weight is 342 g/mol. The van der Waals surface area contributed by atoms with Crippen molar-refractivity contribution in [2.24, 2.45) is 5.92 Å². The Kier molecular flexibility index (Phi) is 4.50. The minimum absolute atomic E-state index is 0.117. The summed E-state index contributed by atoms with van der Waals surface area (Å²) in [5.41, 5.74) is 1.04. The van der Waals surface area contributed by atoms with Crippen LogP contribution in [0.2, 0.25) is 0 Å². The molecule has 134 valence electrons. The second-order valence-electron chi connectivity index (χ2n) is 7.58. The first-order chi connectivity index (χ1) is 12.2. The maximum absolute atomic E-state index is 12.8. The van der Waals surface area contributed by atoms with E-state index in [9.17, 15) is 9.59 Å². The molecule has 4 rings (SSSR count). The molecule has 1 N–H and O–H groups in total. The maximum atomic E-state index is 12.8. The van der Waals surface area contributed by atoms with Crippen LogP contribution >= 0.6 is 0 Å².